The number of nitro benzene ring substituents is 1. The molecule has 0 bridgehead atoms. The molecule has 0 saturated heterocycles. The molecular weight excluding hydrogens is 317 g/mol. The fourth-order valence-electron chi connectivity index (χ4n) is 1.79. The maximum atomic E-state index is 13.3. The molecule has 0 aliphatic rings. The number of ether oxygens (including phenoxy) is 1. The number of nitrogens with zero attached hydrogens (tertiary/aromatic N) is 2. The molecule has 1 N–H and O–H groups in total. The predicted molar refractivity (Wildman–Crippen MR) is 85.3 cm³/mol. The molecule has 0 aromatic heterocycles. The fraction of sp³-hybridized carbons (Fsp3) is 0.125. The number of hydrogen-bond donors (Lipinski definition) is 1. The van der Waals surface area contributed by atoms with Crippen LogP contribution in [0, 0.1) is 15.9 Å². The average Bonchev–Trinajstić information content (AvgIpc) is 2.59. The molecule has 8 heteroatoms. The van der Waals surface area contributed by atoms with E-state index < -0.39 is 23.3 Å². The van der Waals surface area contributed by atoms with Crippen molar-refractivity contribution in [2.24, 2.45) is 5.10 Å². The first-order valence-corrected chi connectivity index (χ1v) is 6.92. The van der Waals surface area contributed by atoms with Crippen molar-refractivity contribution < 1.29 is 18.8 Å². The van der Waals surface area contributed by atoms with Gasteiger partial charge in [-0.3, -0.25) is 14.9 Å². The molecule has 0 atom stereocenters. The monoisotopic (exact) mass is 331 g/mol. The van der Waals surface area contributed by atoms with Crippen LogP contribution in [0.5, 0.6) is 5.75 Å². The molecule has 2 rings (SSSR count). The lowest BCUT2D eigenvalue weighted by atomic mass is 10.1. The molecule has 1 amide bonds. The van der Waals surface area contributed by atoms with E-state index in [1.165, 1.54) is 36.4 Å². The molecule has 124 valence electrons. The zero-order valence-electron chi connectivity index (χ0n) is 12.7. The number of non-ortho nitro benzene ring substituents is 1. The zero-order valence-corrected chi connectivity index (χ0v) is 12.7. The lowest BCUT2D eigenvalue weighted by Gasteiger charge is -2.06. The van der Waals surface area contributed by atoms with Crippen LogP contribution in [0.25, 0.3) is 0 Å². The molecule has 2 aromatic carbocycles. The number of amides is 1. The van der Waals surface area contributed by atoms with E-state index in [1.807, 2.05) is 0 Å². The third kappa shape index (κ3) is 4.60. The fourth-order valence-corrected chi connectivity index (χ4v) is 1.79. The number of nitrogens with one attached hydrogen (secondary N) is 1. The Morgan fingerprint density at radius 1 is 1.29 bits per heavy atom. The Bertz CT molecular complexity index is 792. The van der Waals surface area contributed by atoms with Crippen LogP contribution in [0.2, 0.25) is 0 Å². The largest absolute Gasteiger partial charge is 0.481 e. The molecule has 0 radical (unpaired) electrons. The molecule has 24 heavy (non-hydrogen) atoms. The van der Waals surface area contributed by atoms with Gasteiger partial charge in [0.1, 0.15) is 0 Å². The van der Waals surface area contributed by atoms with Gasteiger partial charge in [-0.2, -0.15) is 5.10 Å². The van der Waals surface area contributed by atoms with Crippen molar-refractivity contribution in [3.63, 3.8) is 0 Å². The first kappa shape index (κ1) is 17.1. The van der Waals surface area contributed by atoms with Gasteiger partial charge >= 0.3 is 0 Å². The van der Waals surface area contributed by atoms with Crippen molar-refractivity contribution in [2.75, 3.05) is 6.61 Å². The Morgan fingerprint density at radius 2 is 2.04 bits per heavy atom. The van der Waals surface area contributed by atoms with E-state index in [9.17, 15) is 19.3 Å². The second-order valence-electron chi connectivity index (χ2n) is 4.76. The normalized spacial score (nSPS) is 11.0. The summed E-state index contributed by atoms with van der Waals surface area (Å²) in [5.41, 5.74) is 3.06. The summed E-state index contributed by atoms with van der Waals surface area (Å²) in [4.78, 5) is 21.9. The third-order valence-corrected chi connectivity index (χ3v) is 3.02. The summed E-state index contributed by atoms with van der Waals surface area (Å²) in [7, 11) is 0. The molecule has 0 fully saturated rings. The summed E-state index contributed by atoms with van der Waals surface area (Å²) in [5.74, 6) is -1.18. The van der Waals surface area contributed by atoms with Crippen LogP contribution in [0.3, 0.4) is 0 Å². The van der Waals surface area contributed by atoms with Crippen molar-refractivity contribution in [2.45, 2.75) is 6.92 Å². The van der Waals surface area contributed by atoms with Crippen molar-refractivity contribution in [1.29, 1.82) is 0 Å². The molecule has 0 aliphatic heterocycles. The van der Waals surface area contributed by atoms with E-state index in [1.54, 1.807) is 19.1 Å². The minimum absolute atomic E-state index is 0.0352. The highest BCUT2D eigenvalue weighted by molar-refractivity contribution is 5.99. The van der Waals surface area contributed by atoms with E-state index in [-0.39, 0.29) is 11.4 Å². The van der Waals surface area contributed by atoms with Crippen LogP contribution in [0.1, 0.15) is 12.5 Å². The first-order chi connectivity index (χ1) is 11.5. The van der Waals surface area contributed by atoms with Crippen molar-refractivity contribution in [3.8, 4) is 5.75 Å². The van der Waals surface area contributed by atoms with E-state index in [4.69, 9.17) is 4.74 Å². The summed E-state index contributed by atoms with van der Waals surface area (Å²) in [5, 5.41) is 14.6. The molecule has 7 nitrogen and oxygen atoms in total. The van der Waals surface area contributed by atoms with Gasteiger partial charge in [0.05, 0.1) is 10.6 Å². The highest BCUT2D eigenvalue weighted by Gasteiger charge is 2.09. The number of carbonyl (C=O) groups excluding carboxylic acids is 1. The van der Waals surface area contributed by atoms with E-state index >= 15 is 0 Å². The van der Waals surface area contributed by atoms with E-state index in [2.05, 4.69) is 10.5 Å². The van der Waals surface area contributed by atoms with Crippen LogP contribution < -0.4 is 10.2 Å². The Balaban J connectivity index is 1.94. The molecule has 0 aliphatic carbocycles. The topological polar surface area (TPSA) is 93.8 Å². The predicted octanol–water partition coefficient (Wildman–Crippen LogP) is 2.65. The van der Waals surface area contributed by atoms with Gasteiger partial charge in [0, 0.05) is 17.7 Å². The summed E-state index contributed by atoms with van der Waals surface area (Å²) in [6.07, 6.45) is 0. The number of para-hydroxylation sites is 1. The van der Waals surface area contributed by atoms with Crippen molar-refractivity contribution in [3.05, 3.63) is 70.0 Å². The Morgan fingerprint density at radius 3 is 2.75 bits per heavy atom. The Hall–Kier alpha value is -3.29. The minimum atomic E-state index is -0.581. The average molecular weight is 331 g/mol. The van der Waals surface area contributed by atoms with Gasteiger partial charge < -0.3 is 4.74 Å². The summed E-state index contributed by atoms with van der Waals surface area (Å²) >= 11 is 0. The second-order valence-corrected chi connectivity index (χ2v) is 4.76. The van der Waals surface area contributed by atoms with Gasteiger partial charge in [0.25, 0.3) is 11.6 Å². The van der Waals surface area contributed by atoms with Gasteiger partial charge in [-0.15, -0.1) is 0 Å². The summed E-state index contributed by atoms with van der Waals surface area (Å²) in [6, 6.07) is 11.6. The van der Waals surface area contributed by atoms with Gasteiger partial charge in [0.2, 0.25) is 0 Å². The van der Waals surface area contributed by atoms with Crippen molar-refractivity contribution in [1.82, 2.24) is 5.43 Å². The van der Waals surface area contributed by atoms with Gasteiger partial charge in [0.15, 0.2) is 18.2 Å². The number of benzene rings is 2. The van der Waals surface area contributed by atoms with E-state index in [0.717, 1.165) is 0 Å². The van der Waals surface area contributed by atoms with Crippen LogP contribution >= 0.6 is 0 Å². The number of hydrogen-bond acceptors (Lipinski definition) is 5. The molecule has 0 unspecified atom stereocenters. The van der Waals surface area contributed by atoms with E-state index in [0.29, 0.717) is 11.3 Å². The highest BCUT2D eigenvalue weighted by Crippen LogP contribution is 2.15. The second kappa shape index (κ2) is 7.82. The maximum Gasteiger partial charge on any atom is 0.277 e. The molecule has 2 aromatic rings. The minimum Gasteiger partial charge on any atom is -0.481 e. The number of halogens is 1. The number of rotatable bonds is 6. The Kier molecular flexibility index (Phi) is 5.56. The zero-order chi connectivity index (χ0) is 17.5. The summed E-state index contributed by atoms with van der Waals surface area (Å²) < 4.78 is 18.4. The quantitative estimate of drug-likeness (QED) is 0.500. The van der Waals surface area contributed by atoms with Crippen LogP contribution in [-0.2, 0) is 4.79 Å². The third-order valence-electron chi connectivity index (χ3n) is 3.02. The maximum absolute atomic E-state index is 13.3. The summed E-state index contributed by atoms with van der Waals surface area (Å²) in [6.45, 7) is 1.18. The SMILES string of the molecule is C/C(=N\NC(=O)COc1ccccc1F)c1cccc([N+](=O)[O-])c1. The highest BCUT2D eigenvalue weighted by atomic mass is 19.1. The number of carbonyl (C=O) groups is 1. The van der Waals surface area contributed by atoms with Crippen LogP contribution in [-0.4, -0.2) is 23.1 Å². The number of nitro groups is 1. The first-order valence-electron chi connectivity index (χ1n) is 6.92. The van der Waals surface area contributed by atoms with Gasteiger partial charge in [-0.25, -0.2) is 9.82 Å². The van der Waals surface area contributed by atoms with Gasteiger partial charge in [-0.05, 0) is 19.1 Å². The molecule has 0 heterocycles. The number of hydrazone groups is 1. The lowest BCUT2D eigenvalue weighted by Crippen LogP contribution is -2.25. The molecule has 0 saturated carbocycles. The van der Waals surface area contributed by atoms with Crippen LogP contribution in [0.15, 0.2) is 53.6 Å². The molecule has 0 spiro atoms. The smallest absolute Gasteiger partial charge is 0.277 e. The Labute approximate surface area is 136 Å². The lowest BCUT2D eigenvalue weighted by molar-refractivity contribution is -0.384. The van der Waals surface area contributed by atoms with Gasteiger partial charge in [-0.1, -0.05) is 24.3 Å². The van der Waals surface area contributed by atoms with Crippen LogP contribution in [0.4, 0.5) is 10.1 Å². The van der Waals surface area contributed by atoms with Crippen molar-refractivity contribution >= 4 is 17.3 Å². The molecular formula is C16H14FN3O4. The standard InChI is InChI=1S/C16H14FN3O4/c1-11(12-5-4-6-13(9-12)20(22)23)18-19-16(21)10-24-15-8-3-2-7-14(15)17/h2-9H,10H2,1H3,(H,19,21)/b18-11+.